The second-order valence-electron chi connectivity index (χ2n) is 5.23. The van der Waals surface area contributed by atoms with E-state index in [2.05, 4.69) is 24.1 Å². The molecular weight excluding hydrogens is 204 g/mol. The molecule has 1 aliphatic heterocycles. The van der Waals surface area contributed by atoms with Gasteiger partial charge in [0, 0.05) is 0 Å². The molecule has 2 rings (SSSR count). The summed E-state index contributed by atoms with van der Waals surface area (Å²) in [5, 5.41) is 8.14. The molecule has 88 valence electrons. The molecular formula is C12H18N2O2. The highest BCUT2D eigenvalue weighted by molar-refractivity contribution is 6.42. The van der Waals surface area contributed by atoms with E-state index in [0.717, 1.165) is 25.0 Å². The SMILES string of the molecule is CCOC(=O)C1=NN=C2CC(C)(C)CC[C@H]21. The number of rotatable bonds is 2. The van der Waals surface area contributed by atoms with Crippen molar-refractivity contribution in [3.63, 3.8) is 0 Å². The van der Waals surface area contributed by atoms with Crippen molar-refractivity contribution in [1.82, 2.24) is 0 Å². The van der Waals surface area contributed by atoms with Crippen molar-refractivity contribution >= 4 is 17.4 Å². The normalized spacial score (nSPS) is 26.8. The van der Waals surface area contributed by atoms with E-state index >= 15 is 0 Å². The van der Waals surface area contributed by atoms with Crippen LogP contribution in [0.5, 0.6) is 0 Å². The molecule has 16 heavy (non-hydrogen) atoms. The Kier molecular flexibility index (Phi) is 2.82. The van der Waals surface area contributed by atoms with Gasteiger partial charge >= 0.3 is 5.97 Å². The van der Waals surface area contributed by atoms with Crippen molar-refractivity contribution in [2.24, 2.45) is 21.5 Å². The first kappa shape index (κ1) is 11.3. The fourth-order valence-corrected chi connectivity index (χ4v) is 2.38. The predicted octanol–water partition coefficient (Wildman–Crippen LogP) is 2.19. The zero-order valence-electron chi connectivity index (χ0n) is 10.1. The van der Waals surface area contributed by atoms with Crippen LogP contribution in [0.1, 0.15) is 40.0 Å². The Balaban J connectivity index is 2.07. The van der Waals surface area contributed by atoms with Gasteiger partial charge in [0.2, 0.25) is 0 Å². The van der Waals surface area contributed by atoms with Crippen LogP contribution < -0.4 is 0 Å². The molecule has 2 aliphatic rings. The monoisotopic (exact) mass is 222 g/mol. The molecule has 0 N–H and O–H groups in total. The summed E-state index contributed by atoms with van der Waals surface area (Å²) in [4.78, 5) is 11.6. The molecule has 0 spiro atoms. The van der Waals surface area contributed by atoms with Gasteiger partial charge in [-0.2, -0.15) is 5.10 Å². The molecule has 1 aliphatic carbocycles. The number of esters is 1. The highest BCUT2D eigenvalue weighted by atomic mass is 16.5. The summed E-state index contributed by atoms with van der Waals surface area (Å²) in [5.74, 6) is -0.182. The van der Waals surface area contributed by atoms with Crippen LogP contribution in [0.2, 0.25) is 0 Å². The van der Waals surface area contributed by atoms with Crippen LogP contribution in [0.4, 0.5) is 0 Å². The third-order valence-corrected chi connectivity index (χ3v) is 3.27. The van der Waals surface area contributed by atoms with Crippen molar-refractivity contribution < 1.29 is 9.53 Å². The van der Waals surface area contributed by atoms with Crippen LogP contribution in [-0.4, -0.2) is 24.0 Å². The summed E-state index contributed by atoms with van der Waals surface area (Å²) in [5.41, 5.74) is 1.85. The number of carbonyl (C=O) groups is 1. The number of ether oxygens (including phenoxy) is 1. The van der Waals surface area contributed by atoms with Gasteiger partial charge in [0.1, 0.15) is 0 Å². The lowest BCUT2D eigenvalue weighted by atomic mass is 9.71. The molecule has 0 aromatic heterocycles. The molecule has 0 amide bonds. The van der Waals surface area contributed by atoms with Gasteiger partial charge in [-0.1, -0.05) is 13.8 Å². The van der Waals surface area contributed by atoms with Crippen LogP contribution in [0, 0.1) is 11.3 Å². The molecule has 1 saturated carbocycles. The maximum atomic E-state index is 11.6. The molecule has 0 bridgehead atoms. The minimum absolute atomic E-state index is 0.118. The van der Waals surface area contributed by atoms with Gasteiger partial charge in [0.15, 0.2) is 5.71 Å². The van der Waals surface area contributed by atoms with E-state index in [1.807, 2.05) is 0 Å². The highest BCUT2D eigenvalue weighted by Crippen LogP contribution is 2.39. The average molecular weight is 222 g/mol. The summed E-state index contributed by atoms with van der Waals surface area (Å²) in [6.07, 6.45) is 3.00. The Morgan fingerprint density at radius 2 is 2.25 bits per heavy atom. The molecule has 1 fully saturated rings. The maximum absolute atomic E-state index is 11.6. The Bertz CT molecular complexity index is 369. The molecule has 0 unspecified atom stereocenters. The van der Waals surface area contributed by atoms with Gasteiger partial charge < -0.3 is 4.74 Å². The lowest BCUT2D eigenvalue weighted by molar-refractivity contribution is -0.135. The van der Waals surface area contributed by atoms with Crippen molar-refractivity contribution in [3.8, 4) is 0 Å². The third kappa shape index (κ3) is 2.01. The van der Waals surface area contributed by atoms with Gasteiger partial charge in [-0.3, -0.25) is 0 Å². The molecule has 4 nitrogen and oxygen atoms in total. The lowest BCUT2D eigenvalue weighted by Crippen LogP contribution is -2.35. The Morgan fingerprint density at radius 3 is 2.94 bits per heavy atom. The highest BCUT2D eigenvalue weighted by Gasteiger charge is 2.40. The summed E-state index contributed by atoms with van der Waals surface area (Å²) >= 11 is 0. The van der Waals surface area contributed by atoms with Gasteiger partial charge in [0.05, 0.1) is 18.2 Å². The fourth-order valence-electron chi connectivity index (χ4n) is 2.38. The maximum Gasteiger partial charge on any atom is 0.355 e. The van der Waals surface area contributed by atoms with E-state index in [4.69, 9.17) is 4.74 Å². The van der Waals surface area contributed by atoms with Gasteiger partial charge in [-0.05, 0) is 31.6 Å². The molecule has 0 radical (unpaired) electrons. The van der Waals surface area contributed by atoms with Crippen LogP contribution in [0.25, 0.3) is 0 Å². The van der Waals surface area contributed by atoms with Crippen molar-refractivity contribution in [2.75, 3.05) is 6.61 Å². The standard InChI is InChI=1S/C12H18N2O2/c1-4-16-11(15)10-8-5-6-12(2,3)7-9(8)13-14-10/h8H,4-7H2,1-3H3/t8-/m1/s1. The number of hydrogen-bond donors (Lipinski definition) is 0. The number of hydrogen-bond acceptors (Lipinski definition) is 4. The van der Waals surface area contributed by atoms with Crippen LogP contribution >= 0.6 is 0 Å². The van der Waals surface area contributed by atoms with Gasteiger partial charge in [-0.15, -0.1) is 5.10 Å². The molecule has 1 atom stereocenters. The van der Waals surface area contributed by atoms with E-state index in [9.17, 15) is 4.79 Å². The minimum Gasteiger partial charge on any atom is -0.461 e. The zero-order chi connectivity index (χ0) is 11.8. The molecule has 0 aromatic rings. The Morgan fingerprint density at radius 1 is 1.50 bits per heavy atom. The van der Waals surface area contributed by atoms with Gasteiger partial charge in [0.25, 0.3) is 0 Å². The summed E-state index contributed by atoms with van der Waals surface area (Å²) in [6.45, 7) is 6.66. The first-order valence-corrected chi connectivity index (χ1v) is 5.85. The van der Waals surface area contributed by atoms with E-state index in [0.29, 0.717) is 12.3 Å². The number of fused-ring (bicyclic) bond motifs is 1. The Hall–Kier alpha value is -1.19. The van der Waals surface area contributed by atoms with Crippen molar-refractivity contribution in [3.05, 3.63) is 0 Å². The largest absolute Gasteiger partial charge is 0.461 e. The van der Waals surface area contributed by atoms with Crippen molar-refractivity contribution in [2.45, 2.75) is 40.0 Å². The smallest absolute Gasteiger partial charge is 0.355 e. The van der Waals surface area contributed by atoms with E-state index in [1.165, 1.54) is 0 Å². The zero-order valence-corrected chi connectivity index (χ0v) is 10.1. The topological polar surface area (TPSA) is 51.0 Å². The first-order valence-electron chi connectivity index (χ1n) is 5.85. The van der Waals surface area contributed by atoms with E-state index < -0.39 is 0 Å². The average Bonchev–Trinajstić information content (AvgIpc) is 2.59. The van der Waals surface area contributed by atoms with Gasteiger partial charge in [-0.25, -0.2) is 4.79 Å². The second kappa shape index (κ2) is 4.00. The minimum atomic E-state index is -0.300. The summed E-state index contributed by atoms with van der Waals surface area (Å²) in [6, 6.07) is 0. The lowest BCUT2D eigenvalue weighted by Gasteiger charge is -2.32. The summed E-state index contributed by atoms with van der Waals surface area (Å²) < 4.78 is 4.98. The molecule has 1 heterocycles. The number of nitrogens with zero attached hydrogens (tertiary/aromatic N) is 2. The van der Waals surface area contributed by atoms with E-state index in [-0.39, 0.29) is 17.3 Å². The van der Waals surface area contributed by atoms with Crippen LogP contribution in [-0.2, 0) is 9.53 Å². The van der Waals surface area contributed by atoms with Crippen molar-refractivity contribution in [1.29, 1.82) is 0 Å². The predicted molar refractivity (Wildman–Crippen MR) is 62.6 cm³/mol. The molecule has 4 heteroatoms. The fraction of sp³-hybridized carbons (Fsp3) is 0.750. The van der Waals surface area contributed by atoms with Crippen LogP contribution in [0.15, 0.2) is 10.2 Å². The quantitative estimate of drug-likeness (QED) is 0.672. The first-order chi connectivity index (χ1) is 7.53. The van der Waals surface area contributed by atoms with E-state index in [1.54, 1.807) is 6.92 Å². The number of carbonyl (C=O) groups excluding carboxylic acids is 1. The Labute approximate surface area is 95.8 Å². The summed E-state index contributed by atoms with van der Waals surface area (Å²) in [7, 11) is 0. The molecule has 0 aromatic carbocycles. The molecule has 0 saturated heterocycles. The third-order valence-electron chi connectivity index (χ3n) is 3.27. The van der Waals surface area contributed by atoms with Crippen LogP contribution in [0.3, 0.4) is 0 Å². The second-order valence-corrected chi connectivity index (χ2v) is 5.23.